The first-order chi connectivity index (χ1) is 28.0. The van der Waals surface area contributed by atoms with Crippen LogP contribution in [0.15, 0.2) is 48.6 Å². The van der Waals surface area contributed by atoms with Gasteiger partial charge in [0.05, 0.1) is 0 Å². The fourth-order valence-corrected chi connectivity index (χ4v) is 6.65. The normalized spacial score (nSPS) is 12.4. The van der Waals surface area contributed by atoms with Crippen LogP contribution in [0.5, 0.6) is 0 Å². The van der Waals surface area contributed by atoms with E-state index in [1.807, 2.05) is 0 Å². The van der Waals surface area contributed by atoms with Gasteiger partial charge in [0.25, 0.3) is 0 Å². The van der Waals surface area contributed by atoms with Crippen LogP contribution in [0.2, 0.25) is 0 Å². The summed E-state index contributed by atoms with van der Waals surface area (Å²) in [4.78, 5) is 37.7. The average Bonchev–Trinajstić information content (AvgIpc) is 3.21. The molecule has 0 fully saturated rings. The third-order valence-corrected chi connectivity index (χ3v) is 10.3. The zero-order valence-electron chi connectivity index (χ0n) is 37.6. The van der Waals surface area contributed by atoms with Gasteiger partial charge >= 0.3 is 17.9 Å². The minimum Gasteiger partial charge on any atom is -0.462 e. The molecule has 6 heteroatoms. The first-order valence-corrected chi connectivity index (χ1v) is 24.1. The Morgan fingerprint density at radius 1 is 0.368 bits per heavy atom. The molecule has 0 aromatic rings. The molecule has 0 heterocycles. The van der Waals surface area contributed by atoms with Gasteiger partial charge in [0.15, 0.2) is 6.10 Å². The highest BCUT2D eigenvalue weighted by Crippen LogP contribution is 2.14. The number of ether oxygens (including phenoxy) is 3. The van der Waals surface area contributed by atoms with E-state index in [1.54, 1.807) is 0 Å². The van der Waals surface area contributed by atoms with Crippen molar-refractivity contribution in [3.8, 4) is 0 Å². The number of unbranched alkanes of at least 4 members (excludes halogenated alkanes) is 24. The molecule has 0 amide bonds. The lowest BCUT2D eigenvalue weighted by Gasteiger charge is -2.18. The molecule has 0 spiro atoms. The smallest absolute Gasteiger partial charge is 0.306 e. The van der Waals surface area contributed by atoms with Crippen molar-refractivity contribution >= 4 is 17.9 Å². The highest BCUT2D eigenvalue weighted by Gasteiger charge is 2.19. The zero-order valence-corrected chi connectivity index (χ0v) is 37.6. The van der Waals surface area contributed by atoms with Crippen molar-refractivity contribution in [1.82, 2.24) is 0 Å². The second-order valence-corrected chi connectivity index (χ2v) is 16.0. The predicted molar refractivity (Wildman–Crippen MR) is 242 cm³/mol. The number of carbonyl (C=O) groups excluding carboxylic acids is 3. The minimum absolute atomic E-state index is 0.0915. The van der Waals surface area contributed by atoms with Gasteiger partial charge in [-0.2, -0.15) is 0 Å². The number of rotatable bonds is 43. The van der Waals surface area contributed by atoms with Crippen LogP contribution < -0.4 is 0 Å². The standard InChI is InChI=1S/C51H90O6/c1-4-7-10-13-16-19-21-23-24-25-26-27-28-30-32-35-38-41-44-50(53)56-47-48(46-55-49(52)43-40-37-34-31-18-15-12-9-6-3)57-51(54)45-42-39-36-33-29-22-20-17-14-11-8-5-2/h8,11,17,20,26-27,31,34,48H,4-7,9-10,12-16,18-19,21-25,28-30,32-33,35-47H2,1-3H3/b11-8-,20-17-,27-26-,34-31-. The van der Waals surface area contributed by atoms with Crippen molar-refractivity contribution in [2.24, 2.45) is 0 Å². The molecule has 0 radical (unpaired) electrons. The van der Waals surface area contributed by atoms with Gasteiger partial charge in [-0.15, -0.1) is 0 Å². The topological polar surface area (TPSA) is 78.9 Å². The summed E-state index contributed by atoms with van der Waals surface area (Å²) in [6, 6.07) is 0. The second-order valence-electron chi connectivity index (χ2n) is 16.0. The lowest BCUT2D eigenvalue weighted by molar-refractivity contribution is -0.167. The fourth-order valence-electron chi connectivity index (χ4n) is 6.65. The van der Waals surface area contributed by atoms with E-state index in [0.29, 0.717) is 25.7 Å². The van der Waals surface area contributed by atoms with Gasteiger partial charge in [-0.05, 0) is 89.9 Å². The van der Waals surface area contributed by atoms with Crippen LogP contribution in [0.1, 0.15) is 239 Å². The van der Waals surface area contributed by atoms with E-state index in [2.05, 4.69) is 69.4 Å². The Labute approximate surface area is 352 Å². The van der Waals surface area contributed by atoms with Crippen molar-refractivity contribution in [3.05, 3.63) is 48.6 Å². The first-order valence-electron chi connectivity index (χ1n) is 24.1. The first kappa shape index (κ1) is 54.4. The Morgan fingerprint density at radius 2 is 0.702 bits per heavy atom. The van der Waals surface area contributed by atoms with Gasteiger partial charge in [-0.1, -0.05) is 179 Å². The molecule has 0 aliphatic carbocycles. The minimum atomic E-state index is -0.791. The molecule has 0 aliphatic heterocycles. The monoisotopic (exact) mass is 799 g/mol. The maximum Gasteiger partial charge on any atom is 0.306 e. The lowest BCUT2D eigenvalue weighted by atomic mass is 10.1. The van der Waals surface area contributed by atoms with Gasteiger partial charge in [-0.25, -0.2) is 0 Å². The average molecular weight is 799 g/mol. The summed E-state index contributed by atoms with van der Waals surface area (Å²) < 4.78 is 16.7. The molecule has 1 atom stereocenters. The third-order valence-electron chi connectivity index (χ3n) is 10.3. The Morgan fingerprint density at radius 3 is 1.16 bits per heavy atom. The molecule has 330 valence electrons. The predicted octanol–water partition coefficient (Wildman–Crippen LogP) is 15.5. The van der Waals surface area contributed by atoms with Crippen LogP contribution in [0.25, 0.3) is 0 Å². The van der Waals surface area contributed by atoms with E-state index in [1.165, 1.54) is 103 Å². The number of allylic oxidation sites excluding steroid dienone is 8. The molecule has 1 unspecified atom stereocenters. The van der Waals surface area contributed by atoms with Gasteiger partial charge in [0, 0.05) is 19.3 Å². The molecule has 0 N–H and O–H groups in total. The van der Waals surface area contributed by atoms with Crippen LogP contribution in [0.3, 0.4) is 0 Å². The summed E-state index contributed by atoms with van der Waals surface area (Å²) >= 11 is 0. The number of carbonyl (C=O) groups is 3. The largest absolute Gasteiger partial charge is 0.462 e. The highest BCUT2D eigenvalue weighted by atomic mass is 16.6. The molecule has 0 aromatic heterocycles. The number of hydrogen-bond acceptors (Lipinski definition) is 6. The van der Waals surface area contributed by atoms with Crippen molar-refractivity contribution in [3.63, 3.8) is 0 Å². The van der Waals surface area contributed by atoms with E-state index >= 15 is 0 Å². The quantitative estimate of drug-likeness (QED) is 0.0265. The molecule has 0 saturated heterocycles. The Bertz CT molecular complexity index is 1010. The Hall–Kier alpha value is -2.63. The van der Waals surface area contributed by atoms with Gasteiger partial charge in [-0.3, -0.25) is 14.4 Å². The Kier molecular flexibility index (Phi) is 43.9. The second kappa shape index (κ2) is 46.1. The summed E-state index contributed by atoms with van der Waals surface area (Å²) in [5, 5.41) is 0. The maximum absolute atomic E-state index is 12.7. The van der Waals surface area contributed by atoms with Crippen molar-refractivity contribution < 1.29 is 28.6 Å². The van der Waals surface area contributed by atoms with Crippen molar-refractivity contribution in [2.75, 3.05) is 13.2 Å². The zero-order chi connectivity index (χ0) is 41.5. The van der Waals surface area contributed by atoms with Gasteiger partial charge < -0.3 is 14.2 Å². The molecule has 57 heavy (non-hydrogen) atoms. The fraction of sp³-hybridized carbons (Fsp3) is 0.784. The van der Waals surface area contributed by atoms with E-state index in [-0.39, 0.29) is 31.1 Å². The SMILES string of the molecule is CC/C=C\C/C=C\CCCCCCCC(=O)OC(COC(=O)CCC/C=C\CCCCCC)COC(=O)CCCCCCC/C=C\CCCCCCCCCCC. The van der Waals surface area contributed by atoms with Crippen LogP contribution in [0.4, 0.5) is 0 Å². The molecular weight excluding hydrogens is 709 g/mol. The number of esters is 3. The summed E-state index contributed by atoms with van der Waals surface area (Å²) in [7, 11) is 0. The van der Waals surface area contributed by atoms with Gasteiger partial charge in [0.2, 0.25) is 0 Å². The lowest BCUT2D eigenvalue weighted by Crippen LogP contribution is -2.30. The molecule has 0 aromatic carbocycles. The molecule has 0 rings (SSSR count). The van der Waals surface area contributed by atoms with Crippen LogP contribution in [-0.4, -0.2) is 37.2 Å². The van der Waals surface area contributed by atoms with Crippen molar-refractivity contribution in [2.45, 2.75) is 245 Å². The summed E-state index contributed by atoms with van der Waals surface area (Å²) in [5.74, 6) is -0.951. The van der Waals surface area contributed by atoms with E-state index in [4.69, 9.17) is 14.2 Å². The summed E-state index contributed by atoms with van der Waals surface area (Å²) in [6.45, 7) is 6.45. The Balaban J connectivity index is 4.34. The highest BCUT2D eigenvalue weighted by molar-refractivity contribution is 5.71. The van der Waals surface area contributed by atoms with E-state index < -0.39 is 6.10 Å². The van der Waals surface area contributed by atoms with Crippen molar-refractivity contribution in [1.29, 1.82) is 0 Å². The molecule has 0 aliphatic rings. The van der Waals surface area contributed by atoms with E-state index in [9.17, 15) is 14.4 Å². The third kappa shape index (κ3) is 44.3. The number of hydrogen-bond donors (Lipinski definition) is 0. The van der Waals surface area contributed by atoms with Crippen LogP contribution >= 0.6 is 0 Å². The maximum atomic E-state index is 12.7. The molecule has 6 nitrogen and oxygen atoms in total. The molecular formula is C51H90O6. The molecule has 0 bridgehead atoms. The van der Waals surface area contributed by atoms with Crippen LogP contribution in [-0.2, 0) is 28.6 Å². The van der Waals surface area contributed by atoms with Gasteiger partial charge in [0.1, 0.15) is 13.2 Å². The molecule has 0 saturated carbocycles. The van der Waals surface area contributed by atoms with Crippen LogP contribution in [0, 0.1) is 0 Å². The summed E-state index contributed by atoms with van der Waals surface area (Å²) in [5.41, 5.74) is 0. The summed E-state index contributed by atoms with van der Waals surface area (Å²) in [6.07, 6.45) is 54.0. The van der Waals surface area contributed by atoms with E-state index in [0.717, 1.165) is 89.9 Å².